The van der Waals surface area contributed by atoms with Crippen molar-refractivity contribution in [2.45, 2.75) is 38.2 Å². The van der Waals surface area contributed by atoms with Crippen LogP contribution in [0.4, 0.5) is 8.78 Å². The smallest absolute Gasteiger partial charge is 0.326 e. The van der Waals surface area contributed by atoms with Gasteiger partial charge in [0.1, 0.15) is 11.8 Å². The Morgan fingerprint density at radius 2 is 1.86 bits per heavy atom. The molecule has 122 valence electrons. The lowest BCUT2D eigenvalue weighted by Crippen LogP contribution is -2.44. The highest BCUT2D eigenvalue weighted by atomic mass is 19.3. The Morgan fingerprint density at radius 1 is 1.27 bits per heavy atom. The first kappa shape index (κ1) is 17.9. The number of carboxylic acid groups (broad SMARTS) is 1. The van der Waals surface area contributed by atoms with Crippen molar-refractivity contribution in [3.8, 4) is 5.75 Å². The van der Waals surface area contributed by atoms with E-state index in [1.165, 1.54) is 7.11 Å². The fraction of sp³-hybridized carbons (Fsp3) is 0.467. The molecule has 22 heavy (non-hydrogen) atoms. The fourth-order valence-electron chi connectivity index (χ4n) is 2.08. The number of nitrogens with one attached hydrogen (secondary N) is 1. The molecule has 2 atom stereocenters. The highest BCUT2D eigenvalue weighted by Gasteiger charge is 2.27. The minimum atomic E-state index is -2.80. The van der Waals surface area contributed by atoms with Crippen LogP contribution in [0.2, 0.25) is 0 Å². The molecule has 0 saturated heterocycles. The first-order valence-corrected chi connectivity index (χ1v) is 6.84. The number of carbonyl (C=O) groups excluding carboxylic acids is 1. The maximum Gasteiger partial charge on any atom is 0.326 e. The normalized spacial score (nSPS) is 13.5. The standard InChI is InChI=1S/C15H19F2NO4/c1-3-11(9-4-6-10(22-2)7-5-9)14(19)18-12(15(20)21)8-13(16)17/h4-7,11-13H,3,8H2,1-2H3,(H,18,19)(H,20,21). The molecule has 0 aliphatic carbocycles. The highest BCUT2D eigenvalue weighted by Crippen LogP contribution is 2.23. The number of benzene rings is 1. The van der Waals surface area contributed by atoms with Crippen LogP contribution in [0.1, 0.15) is 31.2 Å². The Balaban J connectivity index is 2.83. The molecule has 5 nitrogen and oxygen atoms in total. The van der Waals surface area contributed by atoms with Crippen molar-refractivity contribution in [3.63, 3.8) is 0 Å². The third kappa shape index (κ3) is 4.98. The number of ether oxygens (including phenoxy) is 1. The summed E-state index contributed by atoms with van der Waals surface area (Å²) in [5, 5.41) is 11.1. The predicted molar refractivity (Wildman–Crippen MR) is 76.2 cm³/mol. The summed E-state index contributed by atoms with van der Waals surface area (Å²) in [4.78, 5) is 23.1. The van der Waals surface area contributed by atoms with Gasteiger partial charge in [0.25, 0.3) is 0 Å². The fourth-order valence-corrected chi connectivity index (χ4v) is 2.08. The molecular formula is C15H19F2NO4. The molecule has 7 heteroatoms. The van der Waals surface area contributed by atoms with E-state index in [-0.39, 0.29) is 0 Å². The molecule has 1 rings (SSSR count). The molecule has 1 aromatic rings. The molecule has 0 heterocycles. The minimum Gasteiger partial charge on any atom is -0.497 e. The van der Waals surface area contributed by atoms with Gasteiger partial charge in [-0.25, -0.2) is 13.6 Å². The van der Waals surface area contributed by atoms with Gasteiger partial charge in [-0.15, -0.1) is 0 Å². The van der Waals surface area contributed by atoms with Crippen LogP contribution in [0.15, 0.2) is 24.3 Å². The van der Waals surface area contributed by atoms with E-state index in [9.17, 15) is 18.4 Å². The SMILES string of the molecule is CCC(C(=O)NC(CC(F)F)C(=O)O)c1ccc(OC)cc1. The van der Waals surface area contributed by atoms with Gasteiger partial charge in [0, 0.05) is 6.42 Å². The van der Waals surface area contributed by atoms with Crippen LogP contribution >= 0.6 is 0 Å². The van der Waals surface area contributed by atoms with Gasteiger partial charge in [0.05, 0.1) is 13.0 Å². The Kier molecular flexibility index (Phi) is 6.75. The molecule has 0 aromatic heterocycles. The molecule has 1 amide bonds. The number of alkyl halides is 2. The zero-order valence-corrected chi connectivity index (χ0v) is 12.4. The van der Waals surface area contributed by atoms with Crippen LogP contribution in [0.5, 0.6) is 5.75 Å². The number of carboxylic acids is 1. The second-order valence-corrected chi connectivity index (χ2v) is 4.76. The van der Waals surface area contributed by atoms with Crippen molar-refractivity contribution < 1.29 is 28.2 Å². The van der Waals surface area contributed by atoms with Gasteiger partial charge in [-0.2, -0.15) is 0 Å². The number of rotatable bonds is 8. The van der Waals surface area contributed by atoms with E-state index in [4.69, 9.17) is 9.84 Å². The number of hydrogen-bond donors (Lipinski definition) is 2. The third-order valence-corrected chi connectivity index (χ3v) is 3.27. The number of halogens is 2. The van der Waals surface area contributed by atoms with Crippen LogP contribution in [0.25, 0.3) is 0 Å². The lowest BCUT2D eigenvalue weighted by atomic mass is 9.95. The Bertz CT molecular complexity index is 505. The molecule has 2 N–H and O–H groups in total. The van der Waals surface area contributed by atoms with Gasteiger partial charge in [-0.3, -0.25) is 4.79 Å². The average Bonchev–Trinajstić information content (AvgIpc) is 2.47. The Labute approximate surface area is 127 Å². The van der Waals surface area contributed by atoms with Crippen LogP contribution in [-0.4, -0.2) is 36.6 Å². The number of amides is 1. The second-order valence-electron chi connectivity index (χ2n) is 4.76. The maximum atomic E-state index is 12.4. The number of methoxy groups -OCH3 is 1. The molecule has 0 spiro atoms. The number of carbonyl (C=O) groups is 2. The van der Waals surface area contributed by atoms with Crippen LogP contribution in [-0.2, 0) is 9.59 Å². The van der Waals surface area contributed by atoms with Gasteiger partial charge in [0.2, 0.25) is 12.3 Å². The van der Waals surface area contributed by atoms with Gasteiger partial charge in [-0.05, 0) is 24.1 Å². The summed E-state index contributed by atoms with van der Waals surface area (Å²) < 4.78 is 29.7. The zero-order valence-electron chi connectivity index (χ0n) is 12.4. The van der Waals surface area contributed by atoms with E-state index in [0.29, 0.717) is 17.7 Å². The summed E-state index contributed by atoms with van der Waals surface area (Å²) in [7, 11) is 1.51. The van der Waals surface area contributed by atoms with E-state index in [1.807, 2.05) is 0 Å². The molecule has 0 bridgehead atoms. The maximum absolute atomic E-state index is 12.4. The number of hydrogen-bond acceptors (Lipinski definition) is 3. The summed E-state index contributed by atoms with van der Waals surface area (Å²) in [5.74, 6) is -2.04. The lowest BCUT2D eigenvalue weighted by Gasteiger charge is -2.19. The van der Waals surface area contributed by atoms with Crippen LogP contribution < -0.4 is 10.1 Å². The third-order valence-electron chi connectivity index (χ3n) is 3.27. The monoisotopic (exact) mass is 315 g/mol. The highest BCUT2D eigenvalue weighted by molar-refractivity contribution is 5.88. The van der Waals surface area contributed by atoms with Gasteiger partial charge in [-0.1, -0.05) is 19.1 Å². The summed E-state index contributed by atoms with van der Waals surface area (Å²) in [6, 6.07) is 5.14. The van der Waals surface area contributed by atoms with Gasteiger partial charge >= 0.3 is 5.97 Å². The summed E-state index contributed by atoms with van der Waals surface area (Å²) in [5.41, 5.74) is 0.669. The molecule has 0 fully saturated rings. The van der Waals surface area contributed by atoms with Crippen molar-refractivity contribution in [2.75, 3.05) is 7.11 Å². The van der Waals surface area contributed by atoms with Crippen molar-refractivity contribution >= 4 is 11.9 Å². The largest absolute Gasteiger partial charge is 0.497 e. The summed E-state index contributed by atoms with van der Waals surface area (Å²) in [6.07, 6.45) is -3.30. The molecule has 1 aromatic carbocycles. The Morgan fingerprint density at radius 3 is 2.27 bits per heavy atom. The first-order valence-electron chi connectivity index (χ1n) is 6.84. The Hall–Kier alpha value is -2.18. The minimum absolute atomic E-state index is 0.416. The quantitative estimate of drug-likeness (QED) is 0.772. The van der Waals surface area contributed by atoms with E-state index in [1.54, 1.807) is 31.2 Å². The topological polar surface area (TPSA) is 75.6 Å². The summed E-state index contributed by atoms with van der Waals surface area (Å²) >= 11 is 0. The average molecular weight is 315 g/mol. The predicted octanol–water partition coefficient (Wildman–Crippen LogP) is 2.41. The number of aliphatic carboxylic acids is 1. The lowest BCUT2D eigenvalue weighted by molar-refractivity contribution is -0.143. The molecular weight excluding hydrogens is 296 g/mol. The van der Waals surface area contributed by atoms with Crippen molar-refractivity contribution in [1.29, 1.82) is 0 Å². The van der Waals surface area contributed by atoms with Gasteiger partial charge in [0.15, 0.2) is 0 Å². The van der Waals surface area contributed by atoms with E-state index >= 15 is 0 Å². The first-order chi connectivity index (χ1) is 10.4. The second kappa shape index (κ2) is 8.31. The van der Waals surface area contributed by atoms with Crippen molar-refractivity contribution in [2.24, 2.45) is 0 Å². The van der Waals surface area contributed by atoms with Crippen LogP contribution in [0, 0.1) is 0 Å². The summed E-state index contributed by atoms with van der Waals surface area (Å²) in [6.45, 7) is 1.76. The van der Waals surface area contributed by atoms with Crippen molar-refractivity contribution in [3.05, 3.63) is 29.8 Å². The molecule has 0 saturated carbocycles. The molecule has 2 unspecified atom stereocenters. The molecule has 0 radical (unpaired) electrons. The molecule has 0 aliphatic heterocycles. The van der Waals surface area contributed by atoms with E-state index < -0.39 is 36.7 Å². The van der Waals surface area contributed by atoms with Gasteiger partial charge < -0.3 is 15.2 Å². The van der Waals surface area contributed by atoms with Crippen LogP contribution in [0.3, 0.4) is 0 Å². The zero-order chi connectivity index (χ0) is 16.7. The molecule has 0 aliphatic rings. The van der Waals surface area contributed by atoms with Crippen molar-refractivity contribution in [1.82, 2.24) is 5.32 Å². The van der Waals surface area contributed by atoms with E-state index in [0.717, 1.165) is 0 Å². The van der Waals surface area contributed by atoms with E-state index in [2.05, 4.69) is 5.32 Å².